The lowest BCUT2D eigenvalue weighted by Gasteiger charge is -2.31. The molecule has 3 rings (SSSR count). The van der Waals surface area contributed by atoms with E-state index in [2.05, 4.69) is 16.0 Å². The second kappa shape index (κ2) is 13.0. The zero-order valence-electron chi connectivity index (χ0n) is 23.5. The highest BCUT2D eigenvalue weighted by atomic mass is 19.4. The van der Waals surface area contributed by atoms with Gasteiger partial charge in [-0.15, -0.1) is 0 Å². The Bertz CT molecular complexity index is 1180. The number of ether oxygens (including phenoxy) is 2. The van der Waals surface area contributed by atoms with E-state index < -0.39 is 53.9 Å². The number of hydrogen-bond acceptors (Lipinski definition) is 6. The smallest absolute Gasteiger partial charge is 0.407 e. The maximum absolute atomic E-state index is 14.6. The summed E-state index contributed by atoms with van der Waals surface area (Å²) in [7, 11) is 1.44. The van der Waals surface area contributed by atoms with Crippen molar-refractivity contribution in [2.24, 2.45) is 0 Å². The molecule has 1 aliphatic carbocycles. The van der Waals surface area contributed by atoms with E-state index in [4.69, 9.17) is 9.47 Å². The first-order valence-electron chi connectivity index (χ1n) is 13.4. The van der Waals surface area contributed by atoms with Gasteiger partial charge in [0, 0.05) is 37.9 Å². The zero-order valence-corrected chi connectivity index (χ0v) is 23.5. The average molecular weight is 584 g/mol. The summed E-state index contributed by atoms with van der Waals surface area (Å²) in [6, 6.07) is 7.75. The molecule has 0 radical (unpaired) electrons. The fourth-order valence-corrected chi connectivity index (χ4v) is 4.35. The summed E-state index contributed by atoms with van der Waals surface area (Å²) in [5.41, 5.74) is -2.69. The number of carboxylic acid groups (broad SMARTS) is 1. The molecule has 4 N–H and O–H groups in total. The number of hydrogen-bond donors (Lipinski definition) is 4. The fraction of sp³-hybridized carbons (Fsp3) is 0.517. The third-order valence-corrected chi connectivity index (χ3v) is 6.79. The number of carboxylic acids is 1. The molecule has 3 atom stereocenters. The zero-order chi connectivity index (χ0) is 30.4. The van der Waals surface area contributed by atoms with Crippen LogP contribution in [-0.4, -0.2) is 60.2 Å². The van der Waals surface area contributed by atoms with Crippen molar-refractivity contribution in [1.82, 2.24) is 10.6 Å². The van der Waals surface area contributed by atoms with E-state index >= 15 is 0 Å². The molecule has 0 saturated heterocycles. The average Bonchev–Trinajstić information content (AvgIpc) is 3.69. The number of methoxy groups -OCH3 is 1. The van der Waals surface area contributed by atoms with E-state index in [1.807, 2.05) is 0 Å². The van der Waals surface area contributed by atoms with Crippen molar-refractivity contribution in [2.75, 3.05) is 19.0 Å². The van der Waals surface area contributed by atoms with Crippen LogP contribution in [0, 0.1) is 0 Å². The van der Waals surface area contributed by atoms with E-state index in [0.29, 0.717) is 36.4 Å². The molecule has 0 aliphatic heterocycles. The lowest BCUT2D eigenvalue weighted by Crippen LogP contribution is -2.53. The van der Waals surface area contributed by atoms with Crippen molar-refractivity contribution in [3.05, 3.63) is 54.1 Å². The first kappa shape index (κ1) is 32.0. The molecule has 12 heteroatoms. The molecule has 0 heterocycles. The van der Waals surface area contributed by atoms with Crippen LogP contribution >= 0.6 is 0 Å². The number of amides is 1. The van der Waals surface area contributed by atoms with Gasteiger partial charge in [0.05, 0.1) is 18.8 Å². The van der Waals surface area contributed by atoms with Gasteiger partial charge in [0.1, 0.15) is 23.2 Å². The number of anilines is 1. The van der Waals surface area contributed by atoms with Gasteiger partial charge in [-0.3, -0.25) is 10.1 Å². The Morgan fingerprint density at radius 3 is 2.24 bits per heavy atom. The van der Waals surface area contributed by atoms with Crippen LogP contribution < -0.4 is 25.4 Å². The molecule has 0 bridgehead atoms. The highest BCUT2D eigenvalue weighted by Crippen LogP contribution is 2.42. The lowest BCUT2D eigenvalue weighted by molar-refractivity contribution is -0.161. The van der Waals surface area contributed by atoms with Gasteiger partial charge >= 0.3 is 12.1 Å². The topological polar surface area (TPSA) is 109 Å². The van der Waals surface area contributed by atoms with E-state index in [1.54, 1.807) is 31.2 Å². The van der Waals surface area contributed by atoms with Crippen molar-refractivity contribution >= 4 is 17.6 Å². The van der Waals surface area contributed by atoms with Crippen LogP contribution in [0.3, 0.4) is 0 Å². The SMILES string of the molecule is CC[C@@H](CNc1ccc(OC2(C(=O)O)CC2)cc1OC)NC(=O)[C@H](CC(C)(C)F)N[C@@H](c1ccccc1)C(F)(F)F. The summed E-state index contributed by atoms with van der Waals surface area (Å²) >= 11 is 0. The number of halogens is 4. The maximum Gasteiger partial charge on any atom is 0.407 e. The van der Waals surface area contributed by atoms with Gasteiger partial charge in [-0.05, 0) is 38.0 Å². The predicted molar refractivity (Wildman–Crippen MR) is 146 cm³/mol. The fourth-order valence-electron chi connectivity index (χ4n) is 4.35. The quantitative estimate of drug-likeness (QED) is 0.208. The largest absolute Gasteiger partial charge is 0.494 e. The molecule has 226 valence electrons. The Morgan fingerprint density at radius 2 is 1.73 bits per heavy atom. The van der Waals surface area contributed by atoms with Gasteiger partial charge in [0.15, 0.2) is 0 Å². The standard InChI is InChI=1S/C29H37F4N3O5/c1-5-19(17-34-21-12-11-20(15-23(21)40-4)41-28(13-14-28)26(38)39)35-25(37)22(16-27(2,3)30)36-24(29(31,32)33)18-9-7-6-8-10-18/h6-12,15,19,22,24,34,36H,5,13-14,16-17H2,1-4H3,(H,35,37)(H,38,39)/t19-,22-,24-/m0/s1. The van der Waals surface area contributed by atoms with Crippen LogP contribution in [-0.2, 0) is 9.59 Å². The maximum atomic E-state index is 14.6. The molecular formula is C29H37F4N3O5. The lowest BCUT2D eigenvalue weighted by atomic mass is 9.97. The summed E-state index contributed by atoms with van der Waals surface area (Å²) in [4.78, 5) is 24.7. The minimum atomic E-state index is -4.72. The molecule has 8 nitrogen and oxygen atoms in total. The van der Waals surface area contributed by atoms with Crippen LogP contribution in [0.2, 0.25) is 0 Å². The van der Waals surface area contributed by atoms with E-state index in [1.165, 1.54) is 45.2 Å². The van der Waals surface area contributed by atoms with Crippen LogP contribution in [0.15, 0.2) is 48.5 Å². The number of aliphatic carboxylic acids is 1. The molecule has 0 unspecified atom stereocenters. The summed E-state index contributed by atoms with van der Waals surface area (Å²) in [5, 5.41) is 17.6. The monoisotopic (exact) mass is 583 g/mol. The number of rotatable bonds is 15. The highest BCUT2D eigenvalue weighted by molar-refractivity contribution is 5.82. The second-order valence-electron chi connectivity index (χ2n) is 10.8. The Hall–Kier alpha value is -3.54. The van der Waals surface area contributed by atoms with Crippen molar-refractivity contribution < 1.29 is 41.7 Å². The Kier molecular flexibility index (Phi) is 10.1. The van der Waals surface area contributed by atoms with Gasteiger partial charge in [-0.1, -0.05) is 37.3 Å². The van der Waals surface area contributed by atoms with Gasteiger partial charge in [0.2, 0.25) is 11.5 Å². The van der Waals surface area contributed by atoms with Crippen LogP contribution in [0.1, 0.15) is 58.1 Å². The Balaban J connectivity index is 1.70. The number of benzene rings is 2. The molecule has 2 aromatic carbocycles. The molecule has 2 aromatic rings. The minimum absolute atomic E-state index is 0.0846. The molecule has 1 saturated carbocycles. The Morgan fingerprint density at radius 1 is 1.07 bits per heavy atom. The third kappa shape index (κ3) is 8.97. The summed E-state index contributed by atoms with van der Waals surface area (Å²) in [6.07, 6.45) is -3.95. The number of alkyl halides is 4. The molecule has 1 fully saturated rings. The molecular weight excluding hydrogens is 546 g/mol. The van der Waals surface area contributed by atoms with Gasteiger partial charge in [-0.2, -0.15) is 13.2 Å². The van der Waals surface area contributed by atoms with Gasteiger partial charge in [0.25, 0.3) is 0 Å². The summed E-state index contributed by atoms with van der Waals surface area (Å²) in [6.45, 7) is 4.40. The van der Waals surface area contributed by atoms with Gasteiger partial charge < -0.3 is 25.2 Å². The molecule has 41 heavy (non-hydrogen) atoms. The summed E-state index contributed by atoms with van der Waals surface area (Å²) in [5.74, 6) is -1.09. The first-order chi connectivity index (χ1) is 19.2. The van der Waals surface area contributed by atoms with E-state index in [9.17, 15) is 32.3 Å². The van der Waals surface area contributed by atoms with Crippen molar-refractivity contribution in [1.29, 1.82) is 0 Å². The highest BCUT2D eigenvalue weighted by Gasteiger charge is 2.53. The molecule has 1 aliphatic rings. The van der Waals surface area contributed by atoms with Crippen LogP contribution in [0.5, 0.6) is 11.5 Å². The number of carbonyl (C=O) groups excluding carboxylic acids is 1. The van der Waals surface area contributed by atoms with E-state index in [-0.39, 0.29) is 12.1 Å². The summed E-state index contributed by atoms with van der Waals surface area (Å²) < 4.78 is 67.6. The van der Waals surface area contributed by atoms with Gasteiger partial charge in [-0.25, -0.2) is 9.18 Å². The van der Waals surface area contributed by atoms with Crippen molar-refractivity contribution in [3.63, 3.8) is 0 Å². The van der Waals surface area contributed by atoms with Crippen molar-refractivity contribution in [3.8, 4) is 11.5 Å². The molecule has 0 aromatic heterocycles. The third-order valence-electron chi connectivity index (χ3n) is 6.79. The molecule has 1 amide bonds. The molecule has 0 spiro atoms. The first-order valence-corrected chi connectivity index (χ1v) is 13.4. The van der Waals surface area contributed by atoms with E-state index in [0.717, 1.165) is 0 Å². The normalized spacial score (nSPS) is 16.7. The van der Waals surface area contributed by atoms with Crippen LogP contribution in [0.4, 0.5) is 23.2 Å². The number of carbonyl (C=O) groups is 2. The Labute approximate surface area is 236 Å². The second-order valence-corrected chi connectivity index (χ2v) is 10.8. The minimum Gasteiger partial charge on any atom is -0.494 e. The number of nitrogens with one attached hydrogen (secondary N) is 3. The van der Waals surface area contributed by atoms with Crippen LogP contribution in [0.25, 0.3) is 0 Å². The predicted octanol–water partition coefficient (Wildman–Crippen LogP) is 5.40. The van der Waals surface area contributed by atoms with Crippen molar-refractivity contribution in [2.45, 2.75) is 82.0 Å².